The third kappa shape index (κ3) is 5.12. The van der Waals surface area contributed by atoms with Crippen molar-refractivity contribution in [2.45, 2.75) is 58.2 Å². The summed E-state index contributed by atoms with van der Waals surface area (Å²) in [5, 5.41) is 0.686. The average molecular weight is 267 g/mol. The minimum Gasteiger partial charge on any atom is -0.276 e. The Hall–Kier alpha value is -0.500. The largest absolute Gasteiger partial charge is 0.425 e. The second kappa shape index (κ2) is 5.43. The first-order chi connectivity index (χ1) is 7.37. The van der Waals surface area contributed by atoms with E-state index in [4.69, 9.17) is 0 Å². The topological polar surface area (TPSA) is 12.5 Å². The van der Waals surface area contributed by atoms with Crippen molar-refractivity contribution in [3.05, 3.63) is 0 Å². The first-order valence-electron chi connectivity index (χ1n) is 4.96. The molecule has 0 aliphatic carbocycles. The van der Waals surface area contributed by atoms with Gasteiger partial charge in [0.05, 0.1) is 0 Å². The second-order valence-corrected chi connectivity index (χ2v) is 4.12. The number of hydroxylamine groups is 2. The highest BCUT2D eigenvalue weighted by Crippen LogP contribution is 2.36. The Balaban J connectivity index is 4.99. The number of hydrogen-bond acceptors (Lipinski definition) is 2. The maximum absolute atomic E-state index is 12.2. The standard InChI is InChI=1S/C9H15F6NO/c1-5(2)16(6(3)4)17-7(8(10,11)12)9(13,14)15/h5-7H,1-4H3. The molecule has 0 aromatic heterocycles. The Kier molecular flexibility index (Phi) is 5.27. The van der Waals surface area contributed by atoms with Gasteiger partial charge in [-0.15, -0.1) is 0 Å². The summed E-state index contributed by atoms with van der Waals surface area (Å²) in [4.78, 5) is 4.09. The molecule has 8 heteroatoms. The van der Waals surface area contributed by atoms with E-state index in [0.29, 0.717) is 5.06 Å². The maximum Gasteiger partial charge on any atom is 0.425 e. The van der Waals surface area contributed by atoms with Crippen LogP contribution in [0.15, 0.2) is 0 Å². The fourth-order valence-corrected chi connectivity index (χ4v) is 1.27. The highest BCUT2D eigenvalue weighted by atomic mass is 19.4. The summed E-state index contributed by atoms with van der Waals surface area (Å²) in [6, 6.07) is -1.19. The molecule has 0 bridgehead atoms. The van der Waals surface area contributed by atoms with Gasteiger partial charge in [-0.1, -0.05) is 0 Å². The Morgan fingerprint density at radius 2 is 1.06 bits per heavy atom. The molecule has 0 unspecified atom stereocenters. The fourth-order valence-electron chi connectivity index (χ4n) is 1.27. The van der Waals surface area contributed by atoms with Gasteiger partial charge in [0.2, 0.25) is 0 Å². The summed E-state index contributed by atoms with van der Waals surface area (Å²) in [7, 11) is 0. The Morgan fingerprint density at radius 1 is 0.765 bits per heavy atom. The van der Waals surface area contributed by atoms with Crippen LogP contribution in [-0.4, -0.2) is 35.6 Å². The Morgan fingerprint density at radius 3 is 1.24 bits per heavy atom. The molecule has 0 saturated carbocycles. The van der Waals surface area contributed by atoms with Gasteiger partial charge in [0, 0.05) is 12.1 Å². The van der Waals surface area contributed by atoms with Crippen LogP contribution >= 0.6 is 0 Å². The lowest BCUT2D eigenvalue weighted by Crippen LogP contribution is -2.51. The van der Waals surface area contributed by atoms with E-state index >= 15 is 0 Å². The van der Waals surface area contributed by atoms with Crippen molar-refractivity contribution < 1.29 is 31.2 Å². The van der Waals surface area contributed by atoms with E-state index in [1.54, 1.807) is 0 Å². The van der Waals surface area contributed by atoms with Crippen LogP contribution in [0.3, 0.4) is 0 Å². The zero-order valence-electron chi connectivity index (χ0n) is 9.86. The Bertz CT molecular complexity index is 213. The van der Waals surface area contributed by atoms with Crippen LogP contribution in [0.2, 0.25) is 0 Å². The van der Waals surface area contributed by atoms with Crippen LogP contribution in [0.25, 0.3) is 0 Å². The first kappa shape index (κ1) is 16.5. The van der Waals surface area contributed by atoms with Crippen LogP contribution in [0.5, 0.6) is 0 Å². The summed E-state index contributed by atoms with van der Waals surface area (Å²) in [6.45, 7) is 5.79. The summed E-state index contributed by atoms with van der Waals surface area (Å²) in [6.07, 6.45) is -14.8. The predicted octanol–water partition coefficient (Wildman–Crippen LogP) is 3.53. The molecule has 0 atom stereocenters. The molecule has 0 rings (SSSR count). The van der Waals surface area contributed by atoms with Gasteiger partial charge in [0.1, 0.15) is 0 Å². The van der Waals surface area contributed by atoms with E-state index in [9.17, 15) is 26.3 Å². The molecule has 104 valence electrons. The SMILES string of the molecule is CC(C)N(OC(C(F)(F)F)C(F)(F)F)C(C)C. The van der Waals surface area contributed by atoms with E-state index in [1.807, 2.05) is 0 Å². The average Bonchev–Trinajstić information content (AvgIpc) is 1.96. The lowest BCUT2D eigenvalue weighted by Gasteiger charge is -2.34. The monoisotopic (exact) mass is 267 g/mol. The van der Waals surface area contributed by atoms with Crippen LogP contribution < -0.4 is 0 Å². The molecule has 0 aromatic rings. The van der Waals surface area contributed by atoms with Gasteiger partial charge in [-0.2, -0.15) is 31.4 Å². The molecular formula is C9H15F6NO. The number of rotatable bonds is 4. The number of hydrogen-bond donors (Lipinski definition) is 0. The van der Waals surface area contributed by atoms with Crippen LogP contribution in [-0.2, 0) is 4.84 Å². The molecule has 0 amide bonds. The molecule has 0 spiro atoms. The molecule has 17 heavy (non-hydrogen) atoms. The Labute approximate surface area is 95.5 Å². The molecule has 0 N–H and O–H groups in total. The maximum atomic E-state index is 12.2. The quantitative estimate of drug-likeness (QED) is 0.570. The van der Waals surface area contributed by atoms with Gasteiger partial charge in [-0.25, -0.2) is 0 Å². The van der Waals surface area contributed by atoms with E-state index < -0.39 is 30.5 Å². The van der Waals surface area contributed by atoms with E-state index in [1.165, 1.54) is 27.7 Å². The second-order valence-electron chi connectivity index (χ2n) is 4.12. The number of nitrogens with zero attached hydrogens (tertiary/aromatic N) is 1. The lowest BCUT2D eigenvalue weighted by molar-refractivity contribution is -0.385. The lowest BCUT2D eigenvalue weighted by atomic mass is 10.3. The highest BCUT2D eigenvalue weighted by molar-refractivity contribution is 4.76. The van der Waals surface area contributed by atoms with Gasteiger partial charge in [0.15, 0.2) is 0 Å². The molecule has 0 fully saturated rings. The van der Waals surface area contributed by atoms with E-state index in [-0.39, 0.29) is 0 Å². The normalized spacial score (nSPS) is 14.5. The van der Waals surface area contributed by atoms with Gasteiger partial charge < -0.3 is 0 Å². The third-order valence-electron chi connectivity index (χ3n) is 1.84. The van der Waals surface area contributed by atoms with Gasteiger partial charge in [0.25, 0.3) is 6.10 Å². The summed E-state index contributed by atoms with van der Waals surface area (Å²) >= 11 is 0. The van der Waals surface area contributed by atoms with E-state index in [2.05, 4.69) is 4.84 Å². The van der Waals surface area contributed by atoms with Crippen molar-refractivity contribution >= 4 is 0 Å². The molecule has 0 saturated heterocycles. The van der Waals surface area contributed by atoms with Crippen molar-refractivity contribution in [2.24, 2.45) is 0 Å². The van der Waals surface area contributed by atoms with Crippen molar-refractivity contribution in [3.8, 4) is 0 Å². The van der Waals surface area contributed by atoms with Crippen molar-refractivity contribution in [2.75, 3.05) is 0 Å². The van der Waals surface area contributed by atoms with Crippen LogP contribution in [0.1, 0.15) is 27.7 Å². The number of alkyl halides is 6. The third-order valence-corrected chi connectivity index (χ3v) is 1.84. The minimum absolute atomic E-state index is 0.595. The molecule has 0 aromatic carbocycles. The number of halogens is 6. The van der Waals surface area contributed by atoms with Crippen molar-refractivity contribution in [3.63, 3.8) is 0 Å². The summed E-state index contributed by atoms with van der Waals surface area (Å²) in [5.41, 5.74) is 0. The molecule has 0 aliphatic heterocycles. The molecule has 2 nitrogen and oxygen atoms in total. The minimum atomic E-state index is -5.49. The van der Waals surface area contributed by atoms with E-state index in [0.717, 1.165) is 0 Å². The zero-order chi connectivity index (χ0) is 14.0. The van der Waals surface area contributed by atoms with Crippen molar-refractivity contribution in [1.82, 2.24) is 5.06 Å². The summed E-state index contributed by atoms with van der Waals surface area (Å²) < 4.78 is 73.4. The van der Waals surface area contributed by atoms with Gasteiger partial charge in [-0.05, 0) is 27.7 Å². The highest BCUT2D eigenvalue weighted by Gasteiger charge is 2.59. The molecule has 0 heterocycles. The molecule has 0 aliphatic rings. The van der Waals surface area contributed by atoms with Crippen LogP contribution in [0.4, 0.5) is 26.3 Å². The van der Waals surface area contributed by atoms with Gasteiger partial charge in [-0.3, -0.25) is 4.84 Å². The van der Waals surface area contributed by atoms with Gasteiger partial charge >= 0.3 is 12.4 Å². The summed E-state index contributed by atoms with van der Waals surface area (Å²) in [5.74, 6) is 0. The fraction of sp³-hybridized carbons (Fsp3) is 1.00. The smallest absolute Gasteiger partial charge is 0.276 e. The molecular weight excluding hydrogens is 252 g/mol. The molecule has 0 radical (unpaired) electrons. The van der Waals surface area contributed by atoms with Crippen LogP contribution in [0, 0.1) is 0 Å². The zero-order valence-corrected chi connectivity index (χ0v) is 9.86. The van der Waals surface area contributed by atoms with Crippen molar-refractivity contribution in [1.29, 1.82) is 0 Å². The predicted molar refractivity (Wildman–Crippen MR) is 49.1 cm³/mol. The first-order valence-corrected chi connectivity index (χ1v) is 4.96.